The van der Waals surface area contributed by atoms with Crippen LogP contribution in [0.15, 0.2) is 42.6 Å². The highest BCUT2D eigenvalue weighted by molar-refractivity contribution is 6.01. The second-order valence-electron chi connectivity index (χ2n) is 10.3. The molecule has 3 N–H and O–H groups in total. The van der Waals surface area contributed by atoms with Gasteiger partial charge in [-0.25, -0.2) is 14.4 Å². The van der Waals surface area contributed by atoms with Crippen molar-refractivity contribution >= 4 is 23.2 Å². The second kappa shape index (κ2) is 9.21. The number of benzene rings is 2. The molecule has 9 nitrogen and oxygen atoms in total. The molecule has 3 fully saturated rings. The Labute approximate surface area is 219 Å². The van der Waals surface area contributed by atoms with Gasteiger partial charge in [-0.1, -0.05) is 12.1 Å². The normalized spacial score (nSPS) is 21.3. The van der Waals surface area contributed by atoms with Crippen LogP contribution in [-0.4, -0.2) is 61.4 Å². The van der Waals surface area contributed by atoms with Crippen LogP contribution in [0.2, 0.25) is 0 Å². The Bertz CT molecular complexity index is 1400. The molecule has 0 bridgehead atoms. The molecule has 196 valence electrons. The van der Waals surface area contributed by atoms with Gasteiger partial charge in [-0.05, 0) is 42.7 Å². The van der Waals surface area contributed by atoms with E-state index in [1.807, 2.05) is 24.3 Å². The van der Waals surface area contributed by atoms with E-state index in [9.17, 15) is 9.18 Å². The summed E-state index contributed by atoms with van der Waals surface area (Å²) in [6.07, 6.45) is 3.82. The highest BCUT2D eigenvalue weighted by atomic mass is 19.1. The molecule has 4 aliphatic rings. The largest absolute Gasteiger partial charge is 0.486 e. The zero-order chi connectivity index (χ0) is 25.7. The maximum absolute atomic E-state index is 15.0. The number of hydrogen-bond donors (Lipinski definition) is 3. The summed E-state index contributed by atoms with van der Waals surface area (Å²) >= 11 is 0. The van der Waals surface area contributed by atoms with E-state index in [2.05, 4.69) is 36.9 Å². The fourth-order valence-corrected chi connectivity index (χ4v) is 5.54. The zero-order valence-electron chi connectivity index (χ0n) is 20.9. The van der Waals surface area contributed by atoms with E-state index in [-0.39, 0.29) is 29.2 Å². The Balaban J connectivity index is 1.21. The molecule has 1 saturated carbocycles. The molecule has 1 aliphatic carbocycles. The summed E-state index contributed by atoms with van der Waals surface area (Å²) in [4.78, 5) is 23.6. The third-order valence-corrected chi connectivity index (χ3v) is 7.77. The lowest BCUT2D eigenvalue weighted by Crippen LogP contribution is -2.43. The molecule has 3 aromatic rings. The topological polar surface area (TPSA) is 101 Å². The minimum Gasteiger partial charge on any atom is -0.486 e. The lowest BCUT2D eigenvalue weighted by Gasteiger charge is -2.30. The lowest BCUT2D eigenvalue weighted by molar-refractivity contribution is 0.0952. The van der Waals surface area contributed by atoms with Crippen molar-refractivity contribution < 1.29 is 18.7 Å². The molecular weight excluding hydrogens is 487 g/mol. The van der Waals surface area contributed by atoms with Crippen molar-refractivity contribution in [3.05, 3.63) is 59.5 Å². The Morgan fingerprint density at radius 3 is 2.82 bits per heavy atom. The highest BCUT2D eigenvalue weighted by Gasteiger charge is 2.52. The van der Waals surface area contributed by atoms with Crippen LogP contribution in [-0.2, 0) is 10.3 Å². The molecule has 1 aromatic heterocycles. The van der Waals surface area contributed by atoms with Crippen molar-refractivity contribution in [1.29, 1.82) is 0 Å². The molecule has 2 saturated heterocycles. The zero-order valence-corrected chi connectivity index (χ0v) is 20.9. The molecule has 1 atom stereocenters. The van der Waals surface area contributed by atoms with Gasteiger partial charge in [0.2, 0.25) is 5.95 Å². The molecule has 10 heteroatoms. The van der Waals surface area contributed by atoms with Gasteiger partial charge in [-0.15, -0.1) is 0 Å². The average Bonchev–Trinajstić information content (AvgIpc) is 3.42. The number of piperazine rings is 1. The van der Waals surface area contributed by atoms with Crippen LogP contribution in [0.1, 0.15) is 35.2 Å². The number of ether oxygens (including phenoxy) is 2. The standard InChI is InChI=1S/C28H29FN6O3/c29-22-15-31-27(33-25(22)17-1-3-21-20(13-17)26(36)34-28(21)6-7-28)32-23-14-18(35-10-8-30-9-11-35)2-4-24(23)38-19-5-12-37-16-19/h1-4,13-15,19,30H,5-12,16H2,(H,34,36)(H,31,32,33). The van der Waals surface area contributed by atoms with Gasteiger partial charge in [-0.3, -0.25) is 4.79 Å². The van der Waals surface area contributed by atoms with Gasteiger partial charge in [0.1, 0.15) is 17.5 Å². The number of carbonyl (C=O) groups excluding carboxylic acids is 1. The minimum absolute atomic E-state index is 0.0300. The predicted octanol–water partition coefficient (Wildman–Crippen LogP) is 3.34. The molecule has 2 aromatic carbocycles. The first-order valence-electron chi connectivity index (χ1n) is 13.2. The number of halogens is 1. The Hall–Kier alpha value is -3.76. The number of aromatic nitrogens is 2. The fourth-order valence-electron chi connectivity index (χ4n) is 5.54. The van der Waals surface area contributed by atoms with Crippen LogP contribution in [0.5, 0.6) is 5.75 Å². The van der Waals surface area contributed by atoms with Crippen molar-refractivity contribution in [3.63, 3.8) is 0 Å². The molecule has 7 rings (SSSR count). The quantitative estimate of drug-likeness (QED) is 0.459. The van der Waals surface area contributed by atoms with Crippen molar-refractivity contribution in [1.82, 2.24) is 20.6 Å². The molecule has 1 unspecified atom stereocenters. The van der Waals surface area contributed by atoms with E-state index in [1.54, 1.807) is 6.07 Å². The summed E-state index contributed by atoms with van der Waals surface area (Å²) in [7, 11) is 0. The first kappa shape index (κ1) is 23.4. The number of fused-ring (bicyclic) bond motifs is 2. The highest BCUT2D eigenvalue weighted by Crippen LogP contribution is 2.50. The minimum atomic E-state index is -0.552. The summed E-state index contributed by atoms with van der Waals surface area (Å²) in [5.74, 6) is 0.242. The van der Waals surface area contributed by atoms with Crippen LogP contribution in [0, 0.1) is 5.82 Å². The third kappa shape index (κ3) is 4.23. The van der Waals surface area contributed by atoms with Crippen LogP contribution in [0.3, 0.4) is 0 Å². The average molecular weight is 517 g/mol. The summed E-state index contributed by atoms with van der Waals surface area (Å²) in [5, 5.41) is 9.71. The Morgan fingerprint density at radius 1 is 1.16 bits per heavy atom. The van der Waals surface area contributed by atoms with Gasteiger partial charge in [0, 0.05) is 49.4 Å². The summed E-state index contributed by atoms with van der Waals surface area (Å²) < 4.78 is 26.7. The first-order chi connectivity index (χ1) is 18.6. The number of nitrogens with zero attached hydrogens (tertiary/aromatic N) is 3. The van der Waals surface area contributed by atoms with Gasteiger partial charge in [0.15, 0.2) is 5.82 Å². The van der Waals surface area contributed by atoms with Crippen molar-refractivity contribution in [3.8, 4) is 17.0 Å². The Kier molecular flexibility index (Phi) is 5.66. The number of rotatable bonds is 6. The van der Waals surface area contributed by atoms with Gasteiger partial charge in [0.05, 0.1) is 30.6 Å². The van der Waals surface area contributed by atoms with E-state index in [4.69, 9.17) is 9.47 Å². The first-order valence-corrected chi connectivity index (χ1v) is 13.2. The maximum atomic E-state index is 15.0. The van der Waals surface area contributed by atoms with E-state index >= 15 is 0 Å². The molecule has 1 spiro atoms. The molecule has 38 heavy (non-hydrogen) atoms. The molecule has 3 aliphatic heterocycles. The molecule has 0 radical (unpaired) electrons. The van der Waals surface area contributed by atoms with Crippen molar-refractivity contribution in [2.45, 2.75) is 30.9 Å². The van der Waals surface area contributed by atoms with Crippen LogP contribution in [0.4, 0.5) is 21.7 Å². The van der Waals surface area contributed by atoms with Crippen molar-refractivity contribution in [2.24, 2.45) is 0 Å². The molecule has 4 heterocycles. The smallest absolute Gasteiger partial charge is 0.252 e. The van der Waals surface area contributed by atoms with Gasteiger partial charge >= 0.3 is 0 Å². The lowest BCUT2D eigenvalue weighted by atomic mass is 9.99. The maximum Gasteiger partial charge on any atom is 0.252 e. The Morgan fingerprint density at radius 2 is 2.03 bits per heavy atom. The summed E-state index contributed by atoms with van der Waals surface area (Å²) in [5.41, 5.74) is 3.79. The number of nitrogens with one attached hydrogen (secondary N) is 3. The monoisotopic (exact) mass is 516 g/mol. The van der Waals surface area contributed by atoms with Crippen molar-refractivity contribution in [2.75, 3.05) is 49.6 Å². The van der Waals surface area contributed by atoms with E-state index in [1.165, 1.54) is 0 Å². The van der Waals surface area contributed by atoms with E-state index in [0.717, 1.165) is 62.9 Å². The number of carbonyl (C=O) groups is 1. The third-order valence-electron chi connectivity index (χ3n) is 7.77. The molecular formula is C28H29FN6O3. The van der Waals surface area contributed by atoms with E-state index < -0.39 is 5.82 Å². The number of amides is 1. The fraction of sp³-hybridized carbons (Fsp3) is 0.393. The van der Waals surface area contributed by atoms with E-state index in [0.29, 0.717) is 35.8 Å². The predicted molar refractivity (Wildman–Crippen MR) is 140 cm³/mol. The second-order valence-corrected chi connectivity index (χ2v) is 10.3. The molecule has 1 amide bonds. The van der Waals surface area contributed by atoms with Crippen LogP contribution in [0.25, 0.3) is 11.3 Å². The van der Waals surface area contributed by atoms with Gasteiger partial charge < -0.3 is 30.3 Å². The summed E-state index contributed by atoms with van der Waals surface area (Å²) in [6, 6.07) is 11.5. The number of hydrogen-bond acceptors (Lipinski definition) is 8. The van der Waals surface area contributed by atoms with Crippen LogP contribution < -0.4 is 25.6 Å². The van der Waals surface area contributed by atoms with Gasteiger partial charge in [-0.2, -0.15) is 0 Å². The number of anilines is 3. The van der Waals surface area contributed by atoms with Crippen LogP contribution >= 0.6 is 0 Å². The van der Waals surface area contributed by atoms with Gasteiger partial charge in [0.25, 0.3) is 5.91 Å². The SMILES string of the molecule is O=C1NC2(CC2)c2ccc(-c3nc(Nc4cc(N5CCNCC5)ccc4OC4CCOC4)ncc3F)cc21. The summed E-state index contributed by atoms with van der Waals surface area (Å²) in [6.45, 7) is 4.87.